The van der Waals surface area contributed by atoms with Gasteiger partial charge in [-0.1, -0.05) is 382 Å². The van der Waals surface area contributed by atoms with E-state index in [4.69, 9.17) is 37.0 Å². The minimum absolute atomic E-state index is 0.107. The van der Waals surface area contributed by atoms with E-state index in [2.05, 4.69) is 48.5 Å². The summed E-state index contributed by atoms with van der Waals surface area (Å²) in [5.74, 6) is 0.318. The number of hydrogen-bond acceptors (Lipinski definition) is 15. The standard InChI is InChI=1S/C83H162O17P2/c1-8-12-13-14-15-16-17-18-19-20-28-33-38-43-52-59-67-83(88)100-79(71-94-81(86)65-58-51-46-45-49-56-63-76(7)11-4)73-98-102(91,92)96-69-77(84)68-95-101(89,90)97-72-78(99-82(87)66-60-53-44-39-34-29-24-22-26-31-36-41-48-55-62-75(6)10-3)70-93-80(85)64-57-50-42-37-32-27-23-21-25-30-35-40-47-54-61-74(5)9-2/h74-79,84H,8-73H2,1-7H3,(H,89,90)(H,91,92)/t74?,75?,76?,77-,78-,79-/m1/s1. The fourth-order valence-corrected chi connectivity index (χ4v) is 14.3. The lowest BCUT2D eigenvalue weighted by Crippen LogP contribution is -2.30. The molecule has 0 radical (unpaired) electrons. The van der Waals surface area contributed by atoms with Gasteiger partial charge in [0.2, 0.25) is 0 Å². The van der Waals surface area contributed by atoms with Crippen molar-refractivity contribution in [1.29, 1.82) is 0 Å². The van der Waals surface area contributed by atoms with Gasteiger partial charge in [-0.2, -0.15) is 0 Å². The summed E-state index contributed by atoms with van der Waals surface area (Å²) in [6.07, 6.45) is 62.3. The molecule has 0 aromatic heterocycles. The zero-order valence-electron chi connectivity index (χ0n) is 67.1. The number of unbranched alkanes of at least 4 members (excludes halogenated alkanes) is 46. The predicted molar refractivity (Wildman–Crippen MR) is 418 cm³/mol. The van der Waals surface area contributed by atoms with Gasteiger partial charge in [0.05, 0.1) is 26.4 Å². The predicted octanol–water partition coefficient (Wildman–Crippen LogP) is 24.9. The van der Waals surface area contributed by atoms with Crippen molar-refractivity contribution >= 4 is 39.5 Å². The fourth-order valence-electron chi connectivity index (χ4n) is 12.7. The molecule has 0 heterocycles. The van der Waals surface area contributed by atoms with E-state index in [9.17, 15) is 43.2 Å². The van der Waals surface area contributed by atoms with E-state index in [1.165, 1.54) is 238 Å². The van der Waals surface area contributed by atoms with Crippen molar-refractivity contribution in [3.63, 3.8) is 0 Å². The van der Waals surface area contributed by atoms with Crippen LogP contribution in [0, 0.1) is 17.8 Å². The molecule has 5 unspecified atom stereocenters. The highest BCUT2D eigenvalue weighted by Crippen LogP contribution is 2.45. The number of phosphoric ester groups is 2. The van der Waals surface area contributed by atoms with Gasteiger partial charge >= 0.3 is 39.5 Å². The minimum atomic E-state index is -4.96. The Labute approximate surface area is 626 Å². The first-order valence-corrected chi connectivity index (χ1v) is 46.0. The van der Waals surface area contributed by atoms with E-state index >= 15 is 0 Å². The number of aliphatic hydroxyl groups is 1. The Morgan fingerprint density at radius 2 is 0.471 bits per heavy atom. The van der Waals surface area contributed by atoms with Crippen molar-refractivity contribution in [3.05, 3.63) is 0 Å². The van der Waals surface area contributed by atoms with E-state index in [-0.39, 0.29) is 25.7 Å². The molecule has 606 valence electrons. The van der Waals surface area contributed by atoms with Gasteiger partial charge in [0.1, 0.15) is 19.3 Å². The third kappa shape index (κ3) is 72.3. The van der Waals surface area contributed by atoms with E-state index in [1.54, 1.807) is 0 Å². The van der Waals surface area contributed by atoms with Crippen LogP contribution in [0.1, 0.15) is 434 Å². The van der Waals surface area contributed by atoms with Gasteiger partial charge in [0, 0.05) is 25.7 Å². The zero-order chi connectivity index (χ0) is 75.1. The molecule has 0 bridgehead atoms. The summed E-state index contributed by atoms with van der Waals surface area (Å²) in [4.78, 5) is 73.1. The Morgan fingerprint density at radius 3 is 0.696 bits per heavy atom. The number of ether oxygens (including phenoxy) is 4. The highest BCUT2D eigenvalue weighted by Gasteiger charge is 2.30. The highest BCUT2D eigenvalue weighted by atomic mass is 31.2. The first-order valence-electron chi connectivity index (χ1n) is 43.0. The highest BCUT2D eigenvalue weighted by molar-refractivity contribution is 7.47. The summed E-state index contributed by atoms with van der Waals surface area (Å²) in [5.41, 5.74) is 0. The summed E-state index contributed by atoms with van der Waals surface area (Å²) < 4.78 is 68.8. The minimum Gasteiger partial charge on any atom is -0.462 e. The van der Waals surface area contributed by atoms with Crippen LogP contribution >= 0.6 is 15.6 Å². The van der Waals surface area contributed by atoms with E-state index < -0.39 is 97.5 Å². The van der Waals surface area contributed by atoms with Gasteiger partial charge in [-0.25, -0.2) is 9.13 Å². The average molecular weight is 1490 g/mol. The lowest BCUT2D eigenvalue weighted by Gasteiger charge is -2.21. The van der Waals surface area contributed by atoms with E-state index in [0.717, 1.165) is 114 Å². The normalized spacial score (nSPS) is 14.7. The van der Waals surface area contributed by atoms with Crippen molar-refractivity contribution in [2.75, 3.05) is 39.6 Å². The van der Waals surface area contributed by atoms with Crippen LogP contribution in [0.4, 0.5) is 0 Å². The van der Waals surface area contributed by atoms with Crippen LogP contribution < -0.4 is 0 Å². The van der Waals surface area contributed by atoms with Crippen LogP contribution in [0.3, 0.4) is 0 Å². The van der Waals surface area contributed by atoms with Gasteiger partial charge in [0.15, 0.2) is 12.2 Å². The van der Waals surface area contributed by atoms with E-state index in [1.807, 2.05) is 0 Å². The van der Waals surface area contributed by atoms with Gasteiger partial charge in [-0.05, 0) is 43.4 Å². The number of rotatable bonds is 81. The second-order valence-electron chi connectivity index (χ2n) is 30.6. The Morgan fingerprint density at radius 1 is 0.275 bits per heavy atom. The Balaban J connectivity index is 5.25. The maximum Gasteiger partial charge on any atom is 0.472 e. The molecule has 17 nitrogen and oxygen atoms in total. The van der Waals surface area contributed by atoms with Gasteiger partial charge < -0.3 is 33.8 Å². The molecule has 0 saturated carbocycles. The maximum absolute atomic E-state index is 13.1. The van der Waals surface area contributed by atoms with Crippen molar-refractivity contribution in [2.24, 2.45) is 17.8 Å². The van der Waals surface area contributed by atoms with Crippen LogP contribution in [0.15, 0.2) is 0 Å². The lowest BCUT2D eigenvalue weighted by molar-refractivity contribution is -0.161. The molecule has 8 atom stereocenters. The first kappa shape index (κ1) is 100. The molecule has 102 heavy (non-hydrogen) atoms. The molecule has 0 aliphatic rings. The molecule has 0 saturated heterocycles. The number of phosphoric acid groups is 2. The summed E-state index contributed by atoms with van der Waals surface area (Å²) in [5, 5.41) is 10.7. The summed E-state index contributed by atoms with van der Waals surface area (Å²) in [7, 11) is -9.92. The Bertz CT molecular complexity index is 1980. The SMILES string of the molecule is CCCCCCCCCCCCCCCCCCC(=O)O[C@H](COC(=O)CCCCCCCCC(C)CC)COP(=O)(O)OC[C@H](O)COP(=O)(O)OC[C@@H](COC(=O)CCCCCCCCCCCCCCCCC(C)CC)OC(=O)CCCCCCCCCCCCCCCCC(C)CC. The average Bonchev–Trinajstić information content (AvgIpc) is 0.913. The lowest BCUT2D eigenvalue weighted by atomic mass is 9.99. The van der Waals surface area contributed by atoms with Crippen molar-refractivity contribution in [2.45, 2.75) is 452 Å². The number of carbonyl (C=O) groups excluding carboxylic acids is 4. The second-order valence-corrected chi connectivity index (χ2v) is 33.5. The van der Waals surface area contributed by atoms with Crippen molar-refractivity contribution in [1.82, 2.24) is 0 Å². The molecule has 0 aliphatic heterocycles. The molecular formula is C83H162O17P2. The number of hydrogen-bond donors (Lipinski definition) is 3. The second kappa shape index (κ2) is 73.2. The molecule has 0 rings (SSSR count). The monoisotopic (exact) mass is 1490 g/mol. The maximum atomic E-state index is 13.1. The largest absolute Gasteiger partial charge is 0.472 e. The van der Waals surface area contributed by atoms with Crippen LogP contribution in [-0.4, -0.2) is 96.7 Å². The number of carbonyl (C=O) groups is 4. The zero-order valence-corrected chi connectivity index (χ0v) is 68.9. The molecule has 0 amide bonds. The first-order chi connectivity index (χ1) is 49.3. The molecule has 19 heteroatoms. The third-order valence-corrected chi connectivity index (χ3v) is 22.4. The molecule has 0 spiro atoms. The summed E-state index contributed by atoms with van der Waals surface area (Å²) in [6, 6.07) is 0. The fraction of sp³-hybridized carbons (Fsp3) is 0.952. The molecule has 0 aliphatic carbocycles. The number of aliphatic hydroxyl groups excluding tert-OH is 1. The number of esters is 4. The summed E-state index contributed by atoms with van der Waals surface area (Å²) >= 11 is 0. The van der Waals surface area contributed by atoms with Crippen LogP contribution in [0.5, 0.6) is 0 Å². The topological polar surface area (TPSA) is 237 Å². The van der Waals surface area contributed by atoms with Crippen LogP contribution in [-0.2, 0) is 65.4 Å². The van der Waals surface area contributed by atoms with Crippen LogP contribution in [0.2, 0.25) is 0 Å². The van der Waals surface area contributed by atoms with Gasteiger partial charge in [-0.3, -0.25) is 37.3 Å². The molecule has 0 aromatic rings. The van der Waals surface area contributed by atoms with Crippen molar-refractivity contribution in [3.8, 4) is 0 Å². The molecule has 0 aromatic carbocycles. The quantitative estimate of drug-likeness (QED) is 0.0222. The van der Waals surface area contributed by atoms with Crippen molar-refractivity contribution < 1.29 is 80.2 Å². The molecular weight excluding hydrogens is 1330 g/mol. The Kier molecular flexibility index (Phi) is 71.8. The van der Waals surface area contributed by atoms with Gasteiger partial charge in [0.25, 0.3) is 0 Å². The molecule has 0 fully saturated rings. The smallest absolute Gasteiger partial charge is 0.462 e. The molecule has 3 N–H and O–H groups in total. The van der Waals surface area contributed by atoms with E-state index in [0.29, 0.717) is 25.7 Å². The third-order valence-electron chi connectivity index (χ3n) is 20.5. The summed E-state index contributed by atoms with van der Waals surface area (Å²) in [6.45, 7) is 12.0. The van der Waals surface area contributed by atoms with Crippen LogP contribution in [0.25, 0.3) is 0 Å². The van der Waals surface area contributed by atoms with Gasteiger partial charge in [-0.15, -0.1) is 0 Å². The Hall–Kier alpha value is -1.94.